The molecule has 200 valence electrons. The molecule has 0 saturated heterocycles. The molecule has 3 amide bonds. The van der Waals surface area contributed by atoms with Crippen LogP contribution in [-0.4, -0.2) is 68.7 Å². The maximum atomic E-state index is 13.3. The van der Waals surface area contributed by atoms with Crippen LogP contribution in [0.2, 0.25) is 0 Å². The summed E-state index contributed by atoms with van der Waals surface area (Å²) in [6, 6.07) is 14.4. The molecule has 2 aromatic rings. The number of carbonyl (C=O) groups excluding carboxylic acids is 3. The zero-order valence-electron chi connectivity index (χ0n) is 20.9. The largest absolute Gasteiger partial charge is 0.478 e. The van der Waals surface area contributed by atoms with Crippen LogP contribution in [-0.2, 0) is 20.8 Å². The normalized spacial score (nSPS) is 20.8. The summed E-state index contributed by atoms with van der Waals surface area (Å²) in [6.45, 7) is 5.18. The van der Waals surface area contributed by atoms with Crippen molar-refractivity contribution in [3.8, 4) is 5.75 Å². The van der Waals surface area contributed by atoms with Gasteiger partial charge in [-0.2, -0.15) is 0 Å². The molecule has 2 aromatic carbocycles. The number of para-hydroxylation sites is 1. The third kappa shape index (κ3) is 6.72. The van der Waals surface area contributed by atoms with Crippen LogP contribution in [0, 0.1) is 11.8 Å². The molecule has 0 heterocycles. The Kier molecular flexibility index (Phi) is 9.39. The molecule has 1 unspecified atom stereocenters. The highest BCUT2D eigenvalue weighted by Crippen LogP contribution is 2.31. The van der Waals surface area contributed by atoms with Crippen molar-refractivity contribution < 1.29 is 39.5 Å². The van der Waals surface area contributed by atoms with E-state index in [1.165, 1.54) is 12.1 Å². The van der Waals surface area contributed by atoms with E-state index < -0.39 is 60.2 Å². The number of aliphatic hydroxyl groups excluding tert-OH is 4. The van der Waals surface area contributed by atoms with Crippen molar-refractivity contribution in [2.24, 2.45) is 11.8 Å². The molecule has 0 saturated carbocycles. The molecular formula is C27H34N2O8. The highest BCUT2D eigenvalue weighted by molar-refractivity contribution is 5.98. The number of amides is 3. The topological polar surface area (TPSA) is 165 Å². The van der Waals surface area contributed by atoms with E-state index in [2.05, 4.69) is 5.32 Å². The molecule has 1 aliphatic carbocycles. The van der Waals surface area contributed by atoms with E-state index in [0.717, 1.165) is 5.56 Å². The van der Waals surface area contributed by atoms with Gasteiger partial charge in [-0.05, 0) is 29.2 Å². The van der Waals surface area contributed by atoms with E-state index >= 15 is 0 Å². The first kappa shape index (κ1) is 28.3. The number of rotatable bonds is 10. The van der Waals surface area contributed by atoms with Gasteiger partial charge in [-0.3, -0.25) is 19.7 Å². The summed E-state index contributed by atoms with van der Waals surface area (Å²) in [6.07, 6.45) is -8.87. The van der Waals surface area contributed by atoms with Crippen LogP contribution in [0.3, 0.4) is 0 Å². The van der Waals surface area contributed by atoms with E-state index in [1.54, 1.807) is 51.1 Å². The van der Waals surface area contributed by atoms with Crippen LogP contribution in [0.5, 0.6) is 5.75 Å². The number of fused-ring (bicyclic) bond motifs is 1. The van der Waals surface area contributed by atoms with E-state index in [0.29, 0.717) is 12.0 Å². The monoisotopic (exact) mass is 514 g/mol. The molecule has 10 heteroatoms. The Morgan fingerprint density at radius 3 is 2.14 bits per heavy atom. The lowest BCUT2D eigenvalue weighted by Gasteiger charge is -2.30. The summed E-state index contributed by atoms with van der Waals surface area (Å²) in [4.78, 5) is 37.9. The van der Waals surface area contributed by atoms with Gasteiger partial charge in [0.2, 0.25) is 12.0 Å². The summed E-state index contributed by atoms with van der Waals surface area (Å²) >= 11 is 0. The van der Waals surface area contributed by atoms with Gasteiger partial charge in [-0.15, -0.1) is 0 Å². The third-order valence-corrected chi connectivity index (χ3v) is 6.68. The Hall–Kier alpha value is -3.31. The molecular weight excluding hydrogens is 480 g/mol. The van der Waals surface area contributed by atoms with Crippen LogP contribution >= 0.6 is 0 Å². The van der Waals surface area contributed by atoms with Crippen LogP contribution in [0.25, 0.3) is 0 Å². The Bertz CT molecular complexity index is 1090. The fourth-order valence-electron chi connectivity index (χ4n) is 4.04. The Morgan fingerprint density at radius 1 is 0.865 bits per heavy atom. The second-order valence-electron chi connectivity index (χ2n) is 9.62. The van der Waals surface area contributed by atoms with Gasteiger partial charge in [0, 0.05) is 12.3 Å². The van der Waals surface area contributed by atoms with E-state index in [1.807, 2.05) is 17.4 Å². The Labute approximate surface area is 215 Å². The van der Waals surface area contributed by atoms with Crippen molar-refractivity contribution in [2.75, 3.05) is 0 Å². The molecule has 37 heavy (non-hydrogen) atoms. The summed E-state index contributed by atoms with van der Waals surface area (Å²) in [5.41, 5.74) is 1.56. The summed E-state index contributed by atoms with van der Waals surface area (Å²) in [7, 11) is 0. The SMILES string of the molecule is CC(C)[C@H](C)C(=O)NC(=O)[C@H](O)[C@H](O)[C@@H](O)[C@@H](Oc1ccccc1)C(=O)NC1c2ccccc2C[C@@H]1O. The minimum absolute atomic E-state index is 0.0797. The van der Waals surface area contributed by atoms with Crippen molar-refractivity contribution in [3.63, 3.8) is 0 Å². The lowest BCUT2D eigenvalue weighted by atomic mass is 9.96. The number of ether oxygens (including phenoxy) is 1. The lowest BCUT2D eigenvalue weighted by molar-refractivity contribution is -0.155. The second-order valence-corrected chi connectivity index (χ2v) is 9.62. The first-order valence-electron chi connectivity index (χ1n) is 12.2. The van der Waals surface area contributed by atoms with Gasteiger partial charge < -0.3 is 30.5 Å². The molecule has 6 N–H and O–H groups in total. The number of imide groups is 1. The molecule has 0 spiro atoms. The Morgan fingerprint density at radius 2 is 1.49 bits per heavy atom. The van der Waals surface area contributed by atoms with Crippen LogP contribution in [0.1, 0.15) is 37.9 Å². The molecule has 1 aliphatic rings. The number of hydrogen-bond acceptors (Lipinski definition) is 8. The van der Waals surface area contributed by atoms with Crippen LogP contribution in [0.15, 0.2) is 54.6 Å². The van der Waals surface area contributed by atoms with E-state index in [4.69, 9.17) is 4.74 Å². The molecule has 0 aromatic heterocycles. The fraction of sp³-hybridized carbons (Fsp3) is 0.444. The van der Waals surface area contributed by atoms with Crippen LogP contribution in [0.4, 0.5) is 0 Å². The summed E-state index contributed by atoms with van der Waals surface area (Å²) < 4.78 is 5.66. The van der Waals surface area contributed by atoms with Gasteiger partial charge >= 0.3 is 0 Å². The molecule has 0 radical (unpaired) electrons. The molecule has 0 bridgehead atoms. The minimum atomic E-state index is -2.23. The predicted molar refractivity (Wildman–Crippen MR) is 133 cm³/mol. The van der Waals surface area contributed by atoms with Crippen molar-refractivity contribution in [1.82, 2.24) is 10.6 Å². The molecule has 7 atom stereocenters. The van der Waals surface area contributed by atoms with Gasteiger partial charge in [-0.25, -0.2) is 0 Å². The van der Waals surface area contributed by atoms with Gasteiger partial charge in [-0.1, -0.05) is 63.2 Å². The van der Waals surface area contributed by atoms with E-state index in [9.17, 15) is 34.8 Å². The van der Waals surface area contributed by atoms with Gasteiger partial charge in [0.15, 0.2) is 6.10 Å². The van der Waals surface area contributed by atoms with Crippen molar-refractivity contribution in [3.05, 3.63) is 65.7 Å². The average Bonchev–Trinajstić information content (AvgIpc) is 3.20. The van der Waals surface area contributed by atoms with Crippen LogP contribution < -0.4 is 15.4 Å². The standard InChI is InChI=1S/C27H34N2O8/c1-14(2)15(3)25(34)29-26(35)23(33)21(31)22(32)24(37-17-10-5-4-6-11-17)27(36)28-20-18-12-8-7-9-16(18)13-19(20)30/h4-12,14-15,19-24,30-33H,13H2,1-3H3,(H,28,36)(H,29,34,35)/t15-,19-,20?,21+,22+,23+,24+/m0/s1. The zero-order valence-corrected chi connectivity index (χ0v) is 20.9. The maximum Gasteiger partial charge on any atom is 0.264 e. The minimum Gasteiger partial charge on any atom is -0.478 e. The van der Waals surface area contributed by atoms with Gasteiger partial charge in [0.1, 0.15) is 18.0 Å². The van der Waals surface area contributed by atoms with Gasteiger partial charge in [0.05, 0.1) is 12.1 Å². The van der Waals surface area contributed by atoms with Crippen molar-refractivity contribution in [2.45, 2.75) is 63.8 Å². The summed E-state index contributed by atoms with van der Waals surface area (Å²) in [5, 5.41) is 47.0. The second kappa shape index (κ2) is 12.3. The zero-order chi connectivity index (χ0) is 27.3. The average molecular weight is 515 g/mol. The highest BCUT2D eigenvalue weighted by atomic mass is 16.5. The number of carbonyl (C=O) groups is 3. The number of benzene rings is 2. The molecule has 0 aliphatic heterocycles. The first-order chi connectivity index (χ1) is 17.5. The van der Waals surface area contributed by atoms with Crippen molar-refractivity contribution >= 4 is 17.7 Å². The number of nitrogens with one attached hydrogen (secondary N) is 2. The molecule has 10 nitrogen and oxygen atoms in total. The maximum absolute atomic E-state index is 13.3. The smallest absolute Gasteiger partial charge is 0.264 e. The predicted octanol–water partition coefficient (Wildman–Crippen LogP) is 0.226. The van der Waals surface area contributed by atoms with E-state index in [-0.39, 0.29) is 11.7 Å². The Balaban J connectivity index is 1.78. The molecule has 0 fully saturated rings. The quantitative estimate of drug-likeness (QED) is 0.262. The number of hydrogen-bond donors (Lipinski definition) is 6. The first-order valence-corrected chi connectivity index (χ1v) is 12.2. The number of aliphatic hydroxyl groups is 4. The van der Waals surface area contributed by atoms with Crippen molar-refractivity contribution in [1.29, 1.82) is 0 Å². The fourth-order valence-corrected chi connectivity index (χ4v) is 4.04. The molecule has 3 rings (SSSR count). The highest BCUT2D eigenvalue weighted by Gasteiger charge is 2.42. The van der Waals surface area contributed by atoms with Gasteiger partial charge in [0.25, 0.3) is 11.8 Å². The lowest BCUT2D eigenvalue weighted by Crippen LogP contribution is -2.57. The third-order valence-electron chi connectivity index (χ3n) is 6.68. The summed E-state index contributed by atoms with van der Waals surface area (Å²) in [5.74, 6) is -3.19.